The summed E-state index contributed by atoms with van der Waals surface area (Å²) in [4.78, 5) is 23.1. The van der Waals surface area contributed by atoms with E-state index >= 15 is 0 Å². The molecule has 1 aromatic rings. The van der Waals surface area contributed by atoms with Crippen molar-refractivity contribution in [3.63, 3.8) is 0 Å². The van der Waals surface area contributed by atoms with Crippen LogP contribution in [0.5, 0.6) is 0 Å². The van der Waals surface area contributed by atoms with Gasteiger partial charge in [0.15, 0.2) is 0 Å². The monoisotopic (exact) mass is 264 g/mol. The molecule has 2 atom stereocenters. The molecule has 5 heteroatoms. The van der Waals surface area contributed by atoms with Gasteiger partial charge in [-0.2, -0.15) is 0 Å². The molecule has 0 bridgehead atoms. The Morgan fingerprint density at radius 2 is 1.84 bits per heavy atom. The Morgan fingerprint density at radius 3 is 2.42 bits per heavy atom. The first-order chi connectivity index (χ1) is 9.04. The fraction of sp³-hybridized carbons (Fsp3) is 0.429. The maximum Gasteiger partial charge on any atom is 0.313 e. The number of anilines is 1. The Labute approximate surface area is 113 Å². The van der Waals surface area contributed by atoms with Crippen molar-refractivity contribution in [3.8, 4) is 0 Å². The molecule has 104 valence electrons. The predicted molar refractivity (Wildman–Crippen MR) is 73.5 cm³/mol. The Balaban J connectivity index is 2.39. The number of hydrogen-bond acceptors (Lipinski definition) is 3. The lowest BCUT2D eigenvalue weighted by Crippen LogP contribution is -2.41. The van der Waals surface area contributed by atoms with Crippen LogP contribution in [0.15, 0.2) is 30.3 Å². The number of benzene rings is 1. The van der Waals surface area contributed by atoms with Gasteiger partial charge < -0.3 is 15.7 Å². The maximum absolute atomic E-state index is 11.6. The summed E-state index contributed by atoms with van der Waals surface area (Å²) in [7, 11) is 0. The Kier molecular flexibility index (Phi) is 6.02. The molecule has 0 aliphatic carbocycles. The number of rotatable bonds is 5. The highest BCUT2D eigenvalue weighted by atomic mass is 16.3. The molecule has 3 N–H and O–H groups in total. The van der Waals surface area contributed by atoms with Gasteiger partial charge in [-0.3, -0.25) is 9.59 Å². The summed E-state index contributed by atoms with van der Waals surface area (Å²) in [6.45, 7) is 3.93. The Hall–Kier alpha value is -1.88. The zero-order valence-corrected chi connectivity index (χ0v) is 11.2. The van der Waals surface area contributed by atoms with E-state index in [0.29, 0.717) is 5.69 Å². The molecule has 0 saturated heterocycles. The maximum atomic E-state index is 11.6. The van der Waals surface area contributed by atoms with Crippen LogP contribution in [0.2, 0.25) is 0 Å². The summed E-state index contributed by atoms with van der Waals surface area (Å²) in [6.07, 6.45) is 0.172. The van der Waals surface area contributed by atoms with E-state index in [9.17, 15) is 14.7 Å². The van der Waals surface area contributed by atoms with Crippen molar-refractivity contribution >= 4 is 17.5 Å². The van der Waals surface area contributed by atoms with Crippen LogP contribution in [-0.2, 0) is 9.59 Å². The van der Waals surface area contributed by atoms with Gasteiger partial charge in [-0.15, -0.1) is 0 Å². The second-order valence-electron chi connectivity index (χ2n) is 4.48. The van der Waals surface area contributed by atoms with Gasteiger partial charge in [-0.1, -0.05) is 38.5 Å². The normalized spacial score (nSPS) is 13.4. The van der Waals surface area contributed by atoms with Gasteiger partial charge in [0.2, 0.25) is 0 Å². The largest absolute Gasteiger partial charge is 0.391 e. The topological polar surface area (TPSA) is 78.4 Å². The van der Waals surface area contributed by atoms with Crippen LogP contribution in [0.1, 0.15) is 20.3 Å². The molecule has 0 saturated carbocycles. The highest BCUT2D eigenvalue weighted by Gasteiger charge is 2.17. The molecule has 0 aromatic heterocycles. The third-order valence-corrected chi connectivity index (χ3v) is 3.01. The minimum Gasteiger partial charge on any atom is -0.391 e. The van der Waals surface area contributed by atoms with Crippen molar-refractivity contribution in [2.75, 3.05) is 11.9 Å². The van der Waals surface area contributed by atoms with Crippen LogP contribution in [0.25, 0.3) is 0 Å². The number of carbonyl (C=O) groups excluding carboxylic acids is 2. The highest BCUT2D eigenvalue weighted by Crippen LogP contribution is 2.06. The average Bonchev–Trinajstić information content (AvgIpc) is 2.44. The lowest BCUT2D eigenvalue weighted by atomic mass is 10.0. The fourth-order valence-electron chi connectivity index (χ4n) is 1.46. The molecule has 0 heterocycles. The lowest BCUT2D eigenvalue weighted by Gasteiger charge is -2.17. The van der Waals surface area contributed by atoms with E-state index in [4.69, 9.17) is 0 Å². The Bertz CT molecular complexity index is 420. The minimum atomic E-state index is -0.744. The van der Waals surface area contributed by atoms with Gasteiger partial charge in [0, 0.05) is 12.2 Å². The van der Waals surface area contributed by atoms with E-state index in [1.54, 1.807) is 24.3 Å². The van der Waals surface area contributed by atoms with Crippen LogP contribution in [0.3, 0.4) is 0 Å². The molecule has 2 unspecified atom stereocenters. The molecule has 0 spiro atoms. The van der Waals surface area contributed by atoms with Gasteiger partial charge in [-0.05, 0) is 18.1 Å². The van der Waals surface area contributed by atoms with E-state index in [1.807, 2.05) is 19.9 Å². The second kappa shape index (κ2) is 7.53. The van der Waals surface area contributed by atoms with Crippen molar-refractivity contribution in [2.24, 2.45) is 5.92 Å². The van der Waals surface area contributed by atoms with Gasteiger partial charge >= 0.3 is 11.8 Å². The molecule has 0 aliphatic rings. The van der Waals surface area contributed by atoms with E-state index in [0.717, 1.165) is 6.42 Å². The van der Waals surface area contributed by atoms with E-state index < -0.39 is 17.9 Å². The predicted octanol–water partition coefficient (Wildman–Crippen LogP) is 1.15. The van der Waals surface area contributed by atoms with Crippen LogP contribution in [0, 0.1) is 5.92 Å². The van der Waals surface area contributed by atoms with Gasteiger partial charge in [0.25, 0.3) is 0 Å². The molecule has 5 nitrogen and oxygen atoms in total. The zero-order chi connectivity index (χ0) is 14.3. The number of nitrogens with one attached hydrogen (secondary N) is 2. The molecular formula is C14H20N2O3. The van der Waals surface area contributed by atoms with Crippen molar-refractivity contribution in [1.29, 1.82) is 0 Å². The van der Waals surface area contributed by atoms with Gasteiger partial charge in [-0.25, -0.2) is 0 Å². The number of amides is 2. The molecular weight excluding hydrogens is 244 g/mol. The summed E-state index contributed by atoms with van der Waals surface area (Å²) in [6, 6.07) is 8.73. The van der Waals surface area contributed by atoms with Gasteiger partial charge in [0.1, 0.15) is 0 Å². The standard InChI is InChI=1S/C14H20N2O3/c1-3-10(2)12(17)9-15-13(18)14(19)16-11-7-5-4-6-8-11/h4-8,10,12,17H,3,9H2,1-2H3,(H,15,18)(H,16,19). The Morgan fingerprint density at radius 1 is 1.21 bits per heavy atom. The first-order valence-corrected chi connectivity index (χ1v) is 6.36. The summed E-state index contributed by atoms with van der Waals surface area (Å²) < 4.78 is 0. The van der Waals surface area contributed by atoms with Crippen LogP contribution < -0.4 is 10.6 Å². The zero-order valence-electron chi connectivity index (χ0n) is 11.2. The molecule has 1 rings (SSSR count). The summed E-state index contributed by atoms with van der Waals surface area (Å²) in [5.74, 6) is -1.40. The number of aliphatic hydroxyl groups is 1. The average molecular weight is 264 g/mol. The smallest absolute Gasteiger partial charge is 0.313 e. The third kappa shape index (κ3) is 5.09. The molecule has 0 aliphatic heterocycles. The molecule has 0 fully saturated rings. The SMILES string of the molecule is CCC(C)C(O)CNC(=O)C(=O)Nc1ccccc1. The molecule has 19 heavy (non-hydrogen) atoms. The first kappa shape index (κ1) is 15.2. The molecule has 1 aromatic carbocycles. The van der Waals surface area contributed by atoms with Gasteiger partial charge in [0.05, 0.1) is 6.10 Å². The summed E-state index contributed by atoms with van der Waals surface area (Å²) in [5, 5.41) is 14.6. The first-order valence-electron chi connectivity index (χ1n) is 6.36. The summed E-state index contributed by atoms with van der Waals surface area (Å²) in [5.41, 5.74) is 0.560. The van der Waals surface area contributed by atoms with Crippen molar-refractivity contribution in [1.82, 2.24) is 5.32 Å². The van der Waals surface area contributed by atoms with Crippen molar-refractivity contribution in [2.45, 2.75) is 26.4 Å². The summed E-state index contributed by atoms with van der Waals surface area (Å²) >= 11 is 0. The molecule has 2 amide bonds. The lowest BCUT2D eigenvalue weighted by molar-refractivity contribution is -0.136. The van der Waals surface area contributed by atoms with Crippen molar-refractivity contribution in [3.05, 3.63) is 30.3 Å². The van der Waals surface area contributed by atoms with Crippen molar-refractivity contribution < 1.29 is 14.7 Å². The number of carbonyl (C=O) groups is 2. The third-order valence-electron chi connectivity index (χ3n) is 3.01. The fourth-order valence-corrected chi connectivity index (χ4v) is 1.46. The number of aliphatic hydroxyl groups excluding tert-OH is 1. The van der Waals surface area contributed by atoms with Crippen LogP contribution >= 0.6 is 0 Å². The van der Waals surface area contributed by atoms with E-state index in [2.05, 4.69) is 10.6 Å². The van der Waals surface area contributed by atoms with E-state index in [-0.39, 0.29) is 12.5 Å². The second-order valence-corrected chi connectivity index (χ2v) is 4.48. The quantitative estimate of drug-likeness (QED) is 0.698. The molecule has 0 radical (unpaired) electrons. The number of hydrogen-bond donors (Lipinski definition) is 3. The van der Waals surface area contributed by atoms with Crippen LogP contribution in [-0.4, -0.2) is 29.6 Å². The van der Waals surface area contributed by atoms with Crippen LogP contribution in [0.4, 0.5) is 5.69 Å². The van der Waals surface area contributed by atoms with E-state index in [1.165, 1.54) is 0 Å². The highest BCUT2D eigenvalue weighted by molar-refractivity contribution is 6.39. The minimum absolute atomic E-state index is 0.0794. The number of para-hydroxylation sites is 1.